The third-order valence-corrected chi connectivity index (χ3v) is 3.15. The number of unbranched alkanes of at least 4 members (excludes halogenated alkanes) is 1. The highest BCUT2D eigenvalue weighted by Crippen LogP contribution is 2.02. The van der Waals surface area contributed by atoms with Crippen LogP contribution in [0.2, 0.25) is 0 Å². The van der Waals surface area contributed by atoms with Crippen LogP contribution in [0.4, 0.5) is 0 Å². The Hall–Kier alpha value is -1.36. The zero-order valence-electron chi connectivity index (χ0n) is 12.3. The van der Waals surface area contributed by atoms with Crippen LogP contribution in [-0.2, 0) is 11.3 Å². The minimum atomic E-state index is -0.367. The van der Waals surface area contributed by atoms with Crippen molar-refractivity contribution in [2.45, 2.75) is 59.0 Å². The Bertz CT molecular complexity index is 400. The molecule has 0 aliphatic heterocycles. The molecule has 1 atom stereocenters. The number of aryl methyl sites for hydroxylation is 3. The van der Waals surface area contributed by atoms with Gasteiger partial charge in [-0.3, -0.25) is 9.48 Å². The molecule has 1 heterocycles. The van der Waals surface area contributed by atoms with E-state index in [2.05, 4.69) is 23.4 Å². The second kappa shape index (κ2) is 7.94. The van der Waals surface area contributed by atoms with Crippen LogP contribution in [0.25, 0.3) is 0 Å². The van der Waals surface area contributed by atoms with Crippen LogP contribution in [0.1, 0.15) is 44.0 Å². The number of aromatic nitrogens is 2. The second-order valence-electron chi connectivity index (χ2n) is 5.04. The molecule has 3 N–H and O–H groups in total. The minimum Gasteiger partial charge on any atom is -0.355 e. The summed E-state index contributed by atoms with van der Waals surface area (Å²) in [5.74, 6) is -0.0400. The summed E-state index contributed by atoms with van der Waals surface area (Å²) in [6.45, 7) is 7.59. The van der Waals surface area contributed by atoms with Crippen LogP contribution in [-0.4, -0.2) is 28.3 Å². The van der Waals surface area contributed by atoms with Crippen molar-refractivity contribution in [3.8, 4) is 0 Å². The average molecular weight is 266 g/mol. The van der Waals surface area contributed by atoms with E-state index in [0.29, 0.717) is 6.54 Å². The summed E-state index contributed by atoms with van der Waals surface area (Å²) < 4.78 is 1.97. The van der Waals surface area contributed by atoms with E-state index in [1.165, 1.54) is 0 Å². The standard InChI is InChI=1S/C14H26N4O/c1-4-5-7-13(15)14(19)16-8-6-9-18-12(3)10-11(2)17-18/h10,13H,4-9,15H2,1-3H3,(H,16,19). The fourth-order valence-electron chi connectivity index (χ4n) is 2.03. The lowest BCUT2D eigenvalue weighted by Gasteiger charge is -2.11. The number of hydrogen-bond acceptors (Lipinski definition) is 3. The maximum atomic E-state index is 11.7. The first-order chi connectivity index (χ1) is 9.04. The van der Waals surface area contributed by atoms with Gasteiger partial charge in [0.1, 0.15) is 0 Å². The predicted octanol–water partition coefficient (Wildman–Crippen LogP) is 1.52. The van der Waals surface area contributed by atoms with Gasteiger partial charge in [-0.15, -0.1) is 0 Å². The summed E-state index contributed by atoms with van der Waals surface area (Å²) in [4.78, 5) is 11.7. The van der Waals surface area contributed by atoms with Crippen molar-refractivity contribution < 1.29 is 4.79 Å². The number of nitrogens with two attached hydrogens (primary N) is 1. The second-order valence-corrected chi connectivity index (χ2v) is 5.04. The van der Waals surface area contributed by atoms with Crippen LogP contribution in [0, 0.1) is 13.8 Å². The number of rotatable bonds is 8. The maximum Gasteiger partial charge on any atom is 0.236 e. The summed E-state index contributed by atoms with van der Waals surface area (Å²) in [5, 5.41) is 7.26. The summed E-state index contributed by atoms with van der Waals surface area (Å²) in [7, 11) is 0. The Kier molecular flexibility index (Phi) is 6.56. The van der Waals surface area contributed by atoms with E-state index in [1.54, 1.807) is 0 Å². The fraction of sp³-hybridized carbons (Fsp3) is 0.714. The van der Waals surface area contributed by atoms with Crippen molar-refractivity contribution in [1.82, 2.24) is 15.1 Å². The van der Waals surface area contributed by atoms with Crippen LogP contribution in [0.5, 0.6) is 0 Å². The normalized spacial score (nSPS) is 12.4. The van der Waals surface area contributed by atoms with Gasteiger partial charge in [-0.05, 0) is 32.8 Å². The zero-order valence-corrected chi connectivity index (χ0v) is 12.3. The molecule has 0 bridgehead atoms. The van der Waals surface area contributed by atoms with E-state index in [4.69, 9.17) is 5.73 Å². The van der Waals surface area contributed by atoms with Gasteiger partial charge in [0.25, 0.3) is 0 Å². The molecule has 0 radical (unpaired) electrons. The lowest BCUT2D eigenvalue weighted by atomic mass is 10.1. The molecule has 0 spiro atoms. The van der Waals surface area contributed by atoms with Gasteiger partial charge in [0.15, 0.2) is 0 Å². The fourth-order valence-corrected chi connectivity index (χ4v) is 2.03. The number of nitrogens with zero attached hydrogens (tertiary/aromatic N) is 2. The van der Waals surface area contributed by atoms with Gasteiger partial charge in [-0.25, -0.2) is 0 Å². The Morgan fingerprint density at radius 2 is 2.21 bits per heavy atom. The largest absolute Gasteiger partial charge is 0.355 e. The van der Waals surface area contributed by atoms with Gasteiger partial charge in [-0.2, -0.15) is 5.10 Å². The van der Waals surface area contributed by atoms with Gasteiger partial charge in [-0.1, -0.05) is 19.8 Å². The highest BCUT2D eigenvalue weighted by molar-refractivity contribution is 5.81. The molecule has 0 aliphatic rings. The van der Waals surface area contributed by atoms with Crippen molar-refractivity contribution in [2.24, 2.45) is 5.73 Å². The summed E-state index contributed by atoms with van der Waals surface area (Å²) in [6.07, 6.45) is 3.70. The van der Waals surface area contributed by atoms with Crippen LogP contribution in [0.3, 0.4) is 0 Å². The molecule has 0 aliphatic carbocycles. The topological polar surface area (TPSA) is 72.9 Å². The number of carbonyl (C=O) groups is 1. The van der Waals surface area contributed by atoms with Crippen LogP contribution < -0.4 is 11.1 Å². The SMILES string of the molecule is CCCCC(N)C(=O)NCCCn1nc(C)cc1C. The van der Waals surface area contributed by atoms with E-state index < -0.39 is 0 Å². The molecule has 0 aromatic carbocycles. The summed E-state index contributed by atoms with van der Waals surface area (Å²) in [5.41, 5.74) is 7.98. The van der Waals surface area contributed by atoms with Crippen molar-refractivity contribution >= 4 is 5.91 Å². The van der Waals surface area contributed by atoms with Crippen molar-refractivity contribution in [3.05, 3.63) is 17.5 Å². The van der Waals surface area contributed by atoms with Crippen molar-refractivity contribution in [2.75, 3.05) is 6.54 Å². The highest BCUT2D eigenvalue weighted by Gasteiger charge is 2.11. The number of nitrogens with one attached hydrogen (secondary N) is 1. The predicted molar refractivity (Wildman–Crippen MR) is 76.8 cm³/mol. The molecular weight excluding hydrogens is 240 g/mol. The highest BCUT2D eigenvalue weighted by atomic mass is 16.2. The van der Waals surface area contributed by atoms with Gasteiger partial charge >= 0.3 is 0 Å². The maximum absolute atomic E-state index is 11.7. The lowest BCUT2D eigenvalue weighted by molar-refractivity contribution is -0.122. The van der Waals surface area contributed by atoms with E-state index in [0.717, 1.165) is 43.6 Å². The molecule has 19 heavy (non-hydrogen) atoms. The van der Waals surface area contributed by atoms with E-state index in [1.807, 2.05) is 18.5 Å². The molecule has 1 aromatic rings. The van der Waals surface area contributed by atoms with E-state index in [9.17, 15) is 4.79 Å². The Labute approximate surface area is 115 Å². The molecule has 1 amide bonds. The zero-order chi connectivity index (χ0) is 14.3. The number of carbonyl (C=O) groups excluding carboxylic acids is 1. The van der Waals surface area contributed by atoms with Crippen molar-refractivity contribution in [1.29, 1.82) is 0 Å². The van der Waals surface area contributed by atoms with Gasteiger partial charge in [0, 0.05) is 18.8 Å². The minimum absolute atomic E-state index is 0.0400. The Balaban J connectivity index is 2.20. The smallest absolute Gasteiger partial charge is 0.236 e. The van der Waals surface area contributed by atoms with E-state index in [-0.39, 0.29) is 11.9 Å². The third kappa shape index (κ3) is 5.42. The first kappa shape index (κ1) is 15.7. The number of hydrogen-bond donors (Lipinski definition) is 2. The molecule has 0 saturated heterocycles. The molecule has 0 fully saturated rings. The average Bonchev–Trinajstić information content (AvgIpc) is 2.69. The first-order valence-corrected chi connectivity index (χ1v) is 7.09. The molecule has 108 valence electrons. The van der Waals surface area contributed by atoms with Gasteiger partial charge in [0.05, 0.1) is 11.7 Å². The molecule has 1 unspecified atom stereocenters. The lowest BCUT2D eigenvalue weighted by Crippen LogP contribution is -2.41. The molecule has 5 heteroatoms. The van der Waals surface area contributed by atoms with Gasteiger partial charge in [0.2, 0.25) is 5.91 Å². The molecule has 1 aromatic heterocycles. The first-order valence-electron chi connectivity index (χ1n) is 7.09. The molecule has 0 saturated carbocycles. The summed E-state index contributed by atoms with van der Waals surface area (Å²) >= 11 is 0. The van der Waals surface area contributed by atoms with Crippen LogP contribution >= 0.6 is 0 Å². The molecule has 1 rings (SSSR count). The molecule has 5 nitrogen and oxygen atoms in total. The van der Waals surface area contributed by atoms with Crippen LogP contribution in [0.15, 0.2) is 6.07 Å². The Morgan fingerprint density at radius 1 is 1.47 bits per heavy atom. The Morgan fingerprint density at radius 3 is 2.79 bits per heavy atom. The molecular formula is C14H26N4O. The summed E-state index contributed by atoms with van der Waals surface area (Å²) in [6, 6.07) is 1.69. The van der Waals surface area contributed by atoms with Crippen molar-refractivity contribution in [3.63, 3.8) is 0 Å². The number of amides is 1. The van der Waals surface area contributed by atoms with Gasteiger partial charge < -0.3 is 11.1 Å². The monoisotopic (exact) mass is 266 g/mol. The quantitative estimate of drug-likeness (QED) is 0.701. The third-order valence-electron chi connectivity index (χ3n) is 3.15. The van der Waals surface area contributed by atoms with E-state index >= 15 is 0 Å².